The van der Waals surface area contributed by atoms with Gasteiger partial charge in [0.25, 0.3) is 0 Å². The van der Waals surface area contributed by atoms with Gasteiger partial charge in [-0.25, -0.2) is 19.8 Å². The molecule has 2 aromatic rings. The topological polar surface area (TPSA) is 63.1 Å². The molecule has 0 spiro atoms. The number of rotatable bonds is 3. The van der Waals surface area contributed by atoms with Gasteiger partial charge in [-0.3, -0.25) is 4.98 Å². The normalized spacial score (nSPS) is 10.6. The number of hydrogen-bond donors (Lipinski definition) is 1. The van der Waals surface area contributed by atoms with E-state index >= 15 is 0 Å². The standard InChI is InChI=1S/C10H8FN5/c11-8-5-13-10(14-6-8)16-15-7-9-3-1-2-4-12-9/h1-7H,(H,13,14,16)/b15-7+. The van der Waals surface area contributed by atoms with Crippen molar-refractivity contribution < 1.29 is 4.39 Å². The van der Waals surface area contributed by atoms with Crippen molar-refractivity contribution in [2.24, 2.45) is 5.10 Å². The molecule has 0 aliphatic rings. The molecule has 0 unspecified atom stereocenters. The Morgan fingerprint density at radius 2 is 2.00 bits per heavy atom. The number of hydrazone groups is 1. The third-order valence-electron chi connectivity index (χ3n) is 1.67. The summed E-state index contributed by atoms with van der Waals surface area (Å²) < 4.78 is 12.5. The third kappa shape index (κ3) is 2.81. The van der Waals surface area contributed by atoms with E-state index in [4.69, 9.17) is 0 Å². The van der Waals surface area contributed by atoms with E-state index < -0.39 is 5.82 Å². The fraction of sp³-hybridized carbons (Fsp3) is 0. The van der Waals surface area contributed by atoms with Gasteiger partial charge in [-0.1, -0.05) is 6.07 Å². The van der Waals surface area contributed by atoms with Crippen LogP contribution in [0.1, 0.15) is 5.69 Å². The van der Waals surface area contributed by atoms with Crippen LogP contribution in [0.3, 0.4) is 0 Å². The Labute approximate surface area is 91.1 Å². The zero-order valence-electron chi connectivity index (χ0n) is 8.21. The summed E-state index contributed by atoms with van der Waals surface area (Å²) in [6, 6.07) is 5.47. The summed E-state index contributed by atoms with van der Waals surface area (Å²) in [4.78, 5) is 11.4. The average molecular weight is 217 g/mol. The second-order valence-electron chi connectivity index (χ2n) is 2.85. The SMILES string of the molecule is Fc1cnc(N/N=C/c2ccccn2)nc1. The Balaban J connectivity index is 1.97. The van der Waals surface area contributed by atoms with Crippen LogP contribution in [0, 0.1) is 5.82 Å². The largest absolute Gasteiger partial charge is 0.255 e. The number of pyridine rings is 1. The van der Waals surface area contributed by atoms with Crippen molar-refractivity contribution in [3.63, 3.8) is 0 Å². The molecular weight excluding hydrogens is 209 g/mol. The Morgan fingerprint density at radius 1 is 1.19 bits per heavy atom. The van der Waals surface area contributed by atoms with Gasteiger partial charge in [0, 0.05) is 6.20 Å². The molecule has 0 radical (unpaired) electrons. The van der Waals surface area contributed by atoms with Crippen molar-refractivity contribution in [3.8, 4) is 0 Å². The van der Waals surface area contributed by atoms with E-state index in [9.17, 15) is 4.39 Å². The zero-order valence-corrected chi connectivity index (χ0v) is 8.21. The molecule has 16 heavy (non-hydrogen) atoms. The van der Waals surface area contributed by atoms with E-state index in [1.54, 1.807) is 12.3 Å². The smallest absolute Gasteiger partial charge is 0.243 e. The Morgan fingerprint density at radius 3 is 2.69 bits per heavy atom. The van der Waals surface area contributed by atoms with E-state index in [2.05, 4.69) is 25.5 Å². The summed E-state index contributed by atoms with van der Waals surface area (Å²) >= 11 is 0. The van der Waals surface area contributed by atoms with Crippen molar-refractivity contribution in [3.05, 3.63) is 48.3 Å². The monoisotopic (exact) mass is 217 g/mol. The Bertz CT molecular complexity index is 468. The molecule has 0 fully saturated rings. The van der Waals surface area contributed by atoms with E-state index in [0.29, 0.717) is 5.69 Å². The van der Waals surface area contributed by atoms with Crippen LogP contribution in [0.15, 0.2) is 41.9 Å². The molecule has 1 N–H and O–H groups in total. The van der Waals surface area contributed by atoms with Gasteiger partial charge in [-0.15, -0.1) is 0 Å². The van der Waals surface area contributed by atoms with Crippen molar-refractivity contribution in [2.45, 2.75) is 0 Å². The lowest BCUT2D eigenvalue weighted by atomic mass is 10.4. The van der Waals surface area contributed by atoms with Gasteiger partial charge in [0.2, 0.25) is 5.95 Å². The van der Waals surface area contributed by atoms with Crippen molar-refractivity contribution in [1.29, 1.82) is 0 Å². The van der Waals surface area contributed by atoms with Gasteiger partial charge >= 0.3 is 0 Å². The van der Waals surface area contributed by atoms with Crippen LogP contribution < -0.4 is 5.43 Å². The van der Waals surface area contributed by atoms with Crippen LogP contribution in [0.25, 0.3) is 0 Å². The summed E-state index contributed by atoms with van der Waals surface area (Å²) in [5.41, 5.74) is 3.27. The predicted molar refractivity (Wildman–Crippen MR) is 57.4 cm³/mol. The Hall–Kier alpha value is -2.37. The van der Waals surface area contributed by atoms with Crippen LogP contribution in [0.2, 0.25) is 0 Å². The summed E-state index contributed by atoms with van der Waals surface area (Å²) in [6.07, 6.45) is 5.31. The van der Waals surface area contributed by atoms with E-state index in [1.807, 2.05) is 12.1 Å². The minimum atomic E-state index is -0.487. The lowest BCUT2D eigenvalue weighted by Gasteiger charge is -1.96. The molecule has 5 nitrogen and oxygen atoms in total. The molecule has 0 aliphatic carbocycles. The highest BCUT2D eigenvalue weighted by Crippen LogP contribution is 1.97. The van der Waals surface area contributed by atoms with Gasteiger partial charge in [-0.2, -0.15) is 5.10 Å². The van der Waals surface area contributed by atoms with Gasteiger partial charge < -0.3 is 0 Å². The van der Waals surface area contributed by atoms with Crippen LogP contribution in [-0.4, -0.2) is 21.2 Å². The molecule has 2 heterocycles. The lowest BCUT2D eigenvalue weighted by molar-refractivity contribution is 0.614. The second-order valence-corrected chi connectivity index (χ2v) is 2.85. The highest BCUT2D eigenvalue weighted by Gasteiger charge is 1.93. The highest BCUT2D eigenvalue weighted by atomic mass is 19.1. The predicted octanol–water partition coefficient (Wildman–Crippen LogP) is 1.46. The van der Waals surface area contributed by atoms with Gasteiger partial charge in [0.15, 0.2) is 5.82 Å². The summed E-state index contributed by atoms with van der Waals surface area (Å²) in [6.45, 7) is 0. The molecule has 0 saturated carbocycles. The summed E-state index contributed by atoms with van der Waals surface area (Å²) in [5.74, 6) is -0.257. The first-order valence-electron chi connectivity index (χ1n) is 4.52. The molecule has 0 atom stereocenters. The first-order chi connectivity index (χ1) is 7.84. The number of aromatic nitrogens is 3. The molecule has 6 heteroatoms. The molecule has 2 rings (SSSR count). The lowest BCUT2D eigenvalue weighted by Crippen LogP contribution is -1.97. The van der Waals surface area contributed by atoms with Crippen molar-refractivity contribution in [2.75, 3.05) is 5.43 Å². The zero-order chi connectivity index (χ0) is 11.2. The number of halogens is 1. The summed E-state index contributed by atoms with van der Waals surface area (Å²) in [7, 11) is 0. The highest BCUT2D eigenvalue weighted by molar-refractivity contribution is 5.77. The molecule has 2 aromatic heterocycles. The minimum Gasteiger partial charge on any atom is -0.255 e. The van der Waals surface area contributed by atoms with Gasteiger partial charge in [-0.05, 0) is 12.1 Å². The molecule has 0 aliphatic heterocycles. The molecule has 80 valence electrons. The fourth-order valence-corrected chi connectivity index (χ4v) is 0.978. The first-order valence-corrected chi connectivity index (χ1v) is 4.52. The number of nitrogens with zero attached hydrogens (tertiary/aromatic N) is 4. The maximum Gasteiger partial charge on any atom is 0.243 e. The molecule has 0 amide bonds. The van der Waals surface area contributed by atoms with Crippen LogP contribution >= 0.6 is 0 Å². The van der Waals surface area contributed by atoms with Gasteiger partial charge in [0.1, 0.15) is 0 Å². The second kappa shape index (κ2) is 4.92. The van der Waals surface area contributed by atoms with E-state index in [0.717, 1.165) is 12.4 Å². The number of hydrogen-bond acceptors (Lipinski definition) is 5. The number of anilines is 1. The van der Waals surface area contributed by atoms with E-state index in [1.165, 1.54) is 6.21 Å². The Kier molecular flexibility index (Phi) is 3.12. The maximum absolute atomic E-state index is 12.5. The van der Waals surface area contributed by atoms with Crippen LogP contribution in [0.4, 0.5) is 10.3 Å². The number of nitrogens with one attached hydrogen (secondary N) is 1. The van der Waals surface area contributed by atoms with Crippen LogP contribution in [-0.2, 0) is 0 Å². The quantitative estimate of drug-likeness (QED) is 0.624. The molecule has 0 bridgehead atoms. The molecule has 0 saturated heterocycles. The third-order valence-corrected chi connectivity index (χ3v) is 1.67. The van der Waals surface area contributed by atoms with Crippen molar-refractivity contribution >= 4 is 12.2 Å². The first kappa shape index (κ1) is 10.2. The minimum absolute atomic E-state index is 0.230. The van der Waals surface area contributed by atoms with Crippen molar-refractivity contribution in [1.82, 2.24) is 15.0 Å². The molecular formula is C10H8FN5. The van der Waals surface area contributed by atoms with Crippen LogP contribution in [0.5, 0.6) is 0 Å². The van der Waals surface area contributed by atoms with E-state index in [-0.39, 0.29) is 5.95 Å². The van der Waals surface area contributed by atoms with Gasteiger partial charge in [0.05, 0.1) is 24.3 Å². The fourth-order valence-electron chi connectivity index (χ4n) is 0.978. The summed E-state index contributed by atoms with van der Waals surface area (Å²) in [5, 5.41) is 3.86. The average Bonchev–Trinajstić information content (AvgIpc) is 2.33. The molecule has 0 aromatic carbocycles. The maximum atomic E-state index is 12.5.